The minimum atomic E-state index is -0.139. The molecular formula is C15H18FN3. The van der Waals surface area contributed by atoms with Gasteiger partial charge in [-0.1, -0.05) is 6.07 Å². The van der Waals surface area contributed by atoms with E-state index < -0.39 is 0 Å². The summed E-state index contributed by atoms with van der Waals surface area (Å²) in [6.45, 7) is 5.00. The average molecular weight is 259 g/mol. The Balaban J connectivity index is 1.72. The van der Waals surface area contributed by atoms with Gasteiger partial charge in [0.1, 0.15) is 5.82 Å². The van der Waals surface area contributed by atoms with Crippen molar-refractivity contribution >= 4 is 0 Å². The van der Waals surface area contributed by atoms with Gasteiger partial charge in [-0.05, 0) is 42.7 Å². The van der Waals surface area contributed by atoms with Crippen LogP contribution < -0.4 is 0 Å². The predicted octanol–water partition coefficient (Wildman–Crippen LogP) is 2.64. The van der Waals surface area contributed by atoms with Crippen LogP contribution in [0.4, 0.5) is 4.39 Å². The fourth-order valence-electron chi connectivity index (χ4n) is 2.81. The Kier molecular flexibility index (Phi) is 3.34. The quantitative estimate of drug-likeness (QED) is 0.845. The third-order valence-corrected chi connectivity index (χ3v) is 3.95. The summed E-state index contributed by atoms with van der Waals surface area (Å²) in [6.07, 6.45) is 4.77. The van der Waals surface area contributed by atoms with Crippen LogP contribution in [0, 0.1) is 5.82 Å². The second kappa shape index (κ2) is 5.13. The molecule has 19 heavy (non-hydrogen) atoms. The topological polar surface area (TPSA) is 21.1 Å². The van der Waals surface area contributed by atoms with Crippen molar-refractivity contribution in [2.24, 2.45) is 0 Å². The Morgan fingerprint density at radius 2 is 2.26 bits per heavy atom. The first-order valence-corrected chi connectivity index (χ1v) is 6.74. The van der Waals surface area contributed by atoms with Crippen molar-refractivity contribution in [1.82, 2.24) is 14.7 Å². The van der Waals surface area contributed by atoms with Crippen LogP contribution in [0.1, 0.15) is 24.1 Å². The van der Waals surface area contributed by atoms with E-state index in [0.29, 0.717) is 0 Å². The molecule has 3 nitrogen and oxygen atoms in total. The number of hydrogen-bond donors (Lipinski definition) is 0. The molecule has 0 spiro atoms. The van der Waals surface area contributed by atoms with E-state index in [-0.39, 0.29) is 11.9 Å². The van der Waals surface area contributed by atoms with Crippen LogP contribution in [0.5, 0.6) is 0 Å². The molecule has 0 bridgehead atoms. The molecule has 100 valence electrons. The summed E-state index contributed by atoms with van der Waals surface area (Å²) >= 11 is 0. The molecule has 1 unspecified atom stereocenters. The van der Waals surface area contributed by atoms with E-state index in [0.717, 1.165) is 31.6 Å². The molecule has 1 aromatic heterocycles. The van der Waals surface area contributed by atoms with Gasteiger partial charge in [0, 0.05) is 31.5 Å². The number of benzene rings is 1. The van der Waals surface area contributed by atoms with Crippen LogP contribution in [0.15, 0.2) is 36.7 Å². The van der Waals surface area contributed by atoms with Gasteiger partial charge in [0.05, 0.1) is 6.54 Å². The first-order valence-electron chi connectivity index (χ1n) is 6.74. The maximum absolute atomic E-state index is 13.4. The van der Waals surface area contributed by atoms with Crippen molar-refractivity contribution in [3.63, 3.8) is 0 Å². The molecule has 2 aromatic rings. The second-order valence-corrected chi connectivity index (χ2v) is 5.07. The number of fused-ring (bicyclic) bond motifs is 1. The fraction of sp³-hybridized carbons (Fsp3) is 0.400. The lowest BCUT2D eigenvalue weighted by Crippen LogP contribution is -2.36. The summed E-state index contributed by atoms with van der Waals surface area (Å²) in [4.78, 5) is 2.39. The molecule has 0 fully saturated rings. The highest BCUT2D eigenvalue weighted by Gasteiger charge is 2.23. The first-order chi connectivity index (χ1) is 9.24. The lowest BCUT2D eigenvalue weighted by molar-refractivity contribution is 0.188. The minimum absolute atomic E-state index is 0.139. The van der Waals surface area contributed by atoms with Gasteiger partial charge in [0.2, 0.25) is 0 Å². The van der Waals surface area contributed by atoms with E-state index in [1.807, 2.05) is 23.0 Å². The minimum Gasteiger partial charge on any atom is -0.294 e. The van der Waals surface area contributed by atoms with Gasteiger partial charge in [0.15, 0.2) is 0 Å². The van der Waals surface area contributed by atoms with Gasteiger partial charge < -0.3 is 0 Å². The molecule has 1 aliphatic heterocycles. The van der Waals surface area contributed by atoms with E-state index in [9.17, 15) is 4.39 Å². The molecule has 1 atom stereocenters. The summed E-state index contributed by atoms with van der Waals surface area (Å²) in [7, 11) is 0. The Labute approximate surface area is 112 Å². The van der Waals surface area contributed by atoms with Crippen molar-refractivity contribution in [1.29, 1.82) is 0 Å². The van der Waals surface area contributed by atoms with Crippen LogP contribution in [-0.4, -0.2) is 27.8 Å². The standard InChI is InChI=1S/C15H18FN3/c1-12-15-11-14(16)4-3-13(15)5-8-18(12)9-10-19-7-2-6-17-19/h2-4,6-7,11-12H,5,8-10H2,1H3. The Bertz CT molecular complexity index is 551. The molecular weight excluding hydrogens is 241 g/mol. The maximum Gasteiger partial charge on any atom is 0.123 e. The summed E-state index contributed by atoms with van der Waals surface area (Å²) in [5.41, 5.74) is 2.41. The van der Waals surface area contributed by atoms with E-state index in [1.54, 1.807) is 18.3 Å². The lowest BCUT2D eigenvalue weighted by atomic mass is 9.93. The zero-order valence-corrected chi connectivity index (χ0v) is 11.1. The lowest BCUT2D eigenvalue weighted by Gasteiger charge is -2.35. The smallest absolute Gasteiger partial charge is 0.123 e. The molecule has 2 heterocycles. The third kappa shape index (κ3) is 2.54. The van der Waals surface area contributed by atoms with Crippen molar-refractivity contribution < 1.29 is 4.39 Å². The van der Waals surface area contributed by atoms with Crippen molar-refractivity contribution in [2.75, 3.05) is 13.1 Å². The van der Waals surface area contributed by atoms with Gasteiger partial charge in [-0.2, -0.15) is 5.10 Å². The Morgan fingerprint density at radius 1 is 1.37 bits per heavy atom. The molecule has 0 radical (unpaired) electrons. The number of hydrogen-bond acceptors (Lipinski definition) is 2. The predicted molar refractivity (Wildman–Crippen MR) is 72.3 cm³/mol. The van der Waals surface area contributed by atoms with Gasteiger partial charge in [-0.15, -0.1) is 0 Å². The number of halogens is 1. The van der Waals surface area contributed by atoms with Gasteiger partial charge in [0.25, 0.3) is 0 Å². The van der Waals surface area contributed by atoms with Crippen molar-refractivity contribution in [2.45, 2.75) is 25.9 Å². The summed E-state index contributed by atoms with van der Waals surface area (Å²) in [5.74, 6) is -0.139. The van der Waals surface area contributed by atoms with Crippen LogP contribution in [-0.2, 0) is 13.0 Å². The largest absolute Gasteiger partial charge is 0.294 e. The molecule has 0 N–H and O–H groups in total. The van der Waals surface area contributed by atoms with E-state index in [2.05, 4.69) is 16.9 Å². The molecule has 0 aliphatic carbocycles. The molecule has 4 heteroatoms. The maximum atomic E-state index is 13.4. The zero-order chi connectivity index (χ0) is 13.2. The van der Waals surface area contributed by atoms with Gasteiger partial charge in [-0.25, -0.2) is 4.39 Å². The van der Waals surface area contributed by atoms with Crippen LogP contribution in [0.2, 0.25) is 0 Å². The molecule has 0 saturated carbocycles. The van der Waals surface area contributed by atoms with E-state index in [1.165, 1.54) is 5.56 Å². The normalized spacial score (nSPS) is 19.4. The summed E-state index contributed by atoms with van der Waals surface area (Å²) < 4.78 is 15.3. The fourth-order valence-corrected chi connectivity index (χ4v) is 2.81. The van der Waals surface area contributed by atoms with Crippen LogP contribution in [0.3, 0.4) is 0 Å². The van der Waals surface area contributed by atoms with E-state index in [4.69, 9.17) is 0 Å². The first kappa shape index (κ1) is 12.4. The van der Waals surface area contributed by atoms with E-state index >= 15 is 0 Å². The van der Waals surface area contributed by atoms with Crippen LogP contribution in [0.25, 0.3) is 0 Å². The SMILES string of the molecule is CC1c2cc(F)ccc2CCN1CCn1cccn1. The third-order valence-electron chi connectivity index (χ3n) is 3.95. The zero-order valence-electron chi connectivity index (χ0n) is 11.1. The van der Waals surface area contributed by atoms with Crippen LogP contribution >= 0.6 is 0 Å². The monoisotopic (exact) mass is 259 g/mol. The summed E-state index contributed by atoms with van der Waals surface area (Å²) in [5, 5.41) is 4.21. The highest BCUT2D eigenvalue weighted by Crippen LogP contribution is 2.29. The number of nitrogens with zero attached hydrogens (tertiary/aromatic N) is 3. The molecule has 1 aromatic carbocycles. The molecule has 1 aliphatic rings. The second-order valence-electron chi connectivity index (χ2n) is 5.07. The average Bonchev–Trinajstić information content (AvgIpc) is 2.92. The van der Waals surface area contributed by atoms with Crippen molar-refractivity contribution in [3.8, 4) is 0 Å². The Hall–Kier alpha value is -1.68. The van der Waals surface area contributed by atoms with Gasteiger partial charge in [-0.3, -0.25) is 9.58 Å². The molecule has 3 rings (SSSR count). The molecule has 0 saturated heterocycles. The summed E-state index contributed by atoms with van der Waals surface area (Å²) in [6, 6.07) is 7.37. The highest BCUT2D eigenvalue weighted by molar-refractivity contribution is 5.32. The molecule has 0 amide bonds. The van der Waals surface area contributed by atoms with Gasteiger partial charge >= 0.3 is 0 Å². The Morgan fingerprint density at radius 3 is 3.05 bits per heavy atom. The van der Waals surface area contributed by atoms with Crippen molar-refractivity contribution in [3.05, 3.63) is 53.6 Å². The number of rotatable bonds is 3. The highest BCUT2D eigenvalue weighted by atomic mass is 19.1. The number of aromatic nitrogens is 2.